The molecule has 6 heteroatoms. The first kappa shape index (κ1) is 23.9. The van der Waals surface area contributed by atoms with E-state index in [0.29, 0.717) is 44.9 Å². The second kappa shape index (κ2) is 11.3. The number of carbonyl (C=O) groups is 1. The molecule has 0 aliphatic rings. The fourth-order valence-corrected chi connectivity index (χ4v) is 4.10. The molecule has 0 radical (unpaired) electrons. The molecule has 3 aromatic carbocycles. The molecule has 1 heterocycles. The van der Waals surface area contributed by atoms with Crippen molar-refractivity contribution < 1.29 is 4.79 Å². The molecule has 0 fully saturated rings. The number of aryl methyl sites for hydroxylation is 2. The highest BCUT2D eigenvalue weighted by atomic mass is 35.5. The molecule has 0 atom stereocenters. The zero-order valence-electron chi connectivity index (χ0n) is 18.9. The summed E-state index contributed by atoms with van der Waals surface area (Å²) in [4.78, 5) is 22.7. The summed E-state index contributed by atoms with van der Waals surface area (Å²) in [6.45, 7) is 2.41. The predicted octanol–water partition coefficient (Wildman–Crippen LogP) is 7.18. The van der Waals surface area contributed by atoms with Crippen molar-refractivity contribution in [3.05, 3.63) is 106 Å². The minimum Gasteiger partial charge on any atom is -0.352 e. The van der Waals surface area contributed by atoms with E-state index in [1.807, 2.05) is 61.5 Å². The van der Waals surface area contributed by atoms with Gasteiger partial charge in [0, 0.05) is 17.7 Å². The van der Waals surface area contributed by atoms with Gasteiger partial charge in [0.25, 0.3) is 5.91 Å². The molecule has 1 amide bonds. The molecule has 0 saturated heterocycles. The van der Waals surface area contributed by atoms with Gasteiger partial charge < -0.3 is 5.32 Å². The van der Waals surface area contributed by atoms with E-state index in [4.69, 9.17) is 28.2 Å². The fraction of sp³-hybridized carbons (Fsp3) is 0.179. The number of hydrogen-bond donors (Lipinski definition) is 1. The van der Waals surface area contributed by atoms with Crippen molar-refractivity contribution in [3.63, 3.8) is 0 Å². The Morgan fingerprint density at radius 3 is 2.24 bits per heavy atom. The predicted molar refractivity (Wildman–Crippen MR) is 139 cm³/mol. The molecule has 1 aromatic heterocycles. The van der Waals surface area contributed by atoms with Crippen LogP contribution in [0.3, 0.4) is 0 Å². The van der Waals surface area contributed by atoms with Crippen LogP contribution < -0.4 is 5.32 Å². The minimum atomic E-state index is -0.196. The SMILES string of the molecule is Cc1nc(-c2ccccc2)nc(-c2ccc(Cl)c(Cl)c2)c1C(=O)NCCCCc1ccccc1. The van der Waals surface area contributed by atoms with E-state index in [2.05, 4.69) is 22.4 Å². The molecule has 1 N–H and O–H groups in total. The van der Waals surface area contributed by atoms with Crippen LogP contribution in [-0.2, 0) is 6.42 Å². The van der Waals surface area contributed by atoms with E-state index >= 15 is 0 Å². The summed E-state index contributed by atoms with van der Waals surface area (Å²) in [6.07, 6.45) is 2.86. The first-order valence-corrected chi connectivity index (χ1v) is 12.0. The Morgan fingerprint density at radius 1 is 0.824 bits per heavy atom. The van der Waals surface area contributed by atoms with Gasteiger partial charge in [-0.25, -0.2) is 9.97 Å². The molecule has 0 spiro atoms. The quantitative estimate of drug-likeness (QED) is 0.266. The topological polar surface area (TPSA) is 54.9 Å². The van der Waals surface area contributed by atoms with Crippen molar-refractivity contribution in [2.75, 3.05) is 6.54 Å². The molecular formula is C28H25Cl2N3O. The lowest BCUT2D eigenvalue weighted by Crippen LogP contribution is -2.27. The van der Waals surface area contributed by atoms with Crippen molar-refractivity contribution in [2.45, 2.75) is 26.2 Å². The number of rotatable bonds is 8. The first-order chi connectivity index (χ1) is 16.5. The largest absolute Gasteiger partial charge is 0.352 e. The third-order valence-electron chi connectivity index (χ3n) is 5.56. The Kier molecular flexibility index (Phi) is 7.94. The van der Waals surface area contributed by atoms with E-state index < -0.39 is 0 Å². The molecule has 4 aromatic rings. The van der Waals surface area contributed by atoms with Gasteiger partial charge >= 0.3 is 0 Å². The summed E-state index contributed by atoms with van der Waals surface area (Å²) < 4.78 is 0. The molecule has 0 aliphatic heterocycles. The molecule has 0 bridgehead atoms. The number of hydrogen-bond acceptors (Lipinski definition) is 3. The van der Waals surface area contributed by atoms with E-state index in [1.165, 1.54) is 5.56 Å². The Morgan fingerprint density at radius 2 is 1.53 bits per heavy atom. The Hall–Kier alpha value is -3.21. The van der Waals surface area contributed by atoms with Crippen LogP contribution in [0.4, 0.5) is 0 Å². The lowest BCUT2D eigenvalue weighted by atomic mass is 10.0. The maximum atomic E-state index is 13.2. The van der Waals surface area contributed by atoms with Crippen LogP contribution >= 0.6 is 23.2 Å². The Labute approximate surface area is 210 Å². The zero-order chi connectivity index (χ0) is 23.9. The molecule has 34 heavy (non-hydrogen) atoms. The van der Waals surface area contributed by atoms with Gasteiger partial charge in [-0.1, -0.05) is 89.9 Å². The fourth-order valence-electron chi connectivity index (χ4n) is 3.80. The second-order valence-corrected chi connectivity index (χ2v) is 8.86. The molecule has 172 valence electrons. The van der Waals surface area contributed by atoms with E-state index in [1.54, 1.807) is 12.1 Å². The number of amides is 1. The van der Waals surface area contributed by atoms with Gasteiger partial charge in [-0.3, -0.25) is 4.79 Å². The molecule has 0 unspecified atom stereocenters. The molecule has 4 rings (SSSR count). The lowest BCUT2D eigenvalue weighted by molar-refractivity contribution is 0.0952. The van der Waals surface area contributed by atoms with Gasteiger partial charge in [0.1, 0.15) is 0 Å². The average Bonchev–Trinajstić information content (AvgIpc) is 2.86. The number of nitrogens with zero attached hydrogens (tertiary/aromatic N) is 2. The van der Waals surface area contributed by atoms with Crippen LogP contribution in [0.2, 0.25) is 10.0 Å². The van der Waals surface area contributed by atoms with Gasteiger partial charge in [-0.05, 0) is 43.9 Å². The van der Waals surface area contributed by atoms with Crippen molar-refractivity contribution in [1.82, 2.24) is 15.3 Å². The first-order valence-electron chi connectivity index (χ1n) is 11.2. The van der Waals surface area contributed by atoms with Crippen LogP contribution in [0.5, 0.6) is 0 Å². The highest BCUT2D eigenvalue weighted by Crippen LogP contribution is 2.31. The molecule has 4 nitrogen and oxygen atoms in total. The summed E-state index contributed by atoms with van der Waals surface area (Å²) in [7, 11) is 0. The summed E-state index contributed by atoms with van der Waals surface area (Å²) in [5.74, 6) is 0.358. The van der Waals surface area contributed by atoms with E-state index in [0.717, 1.165) is 24.8 Å². The van der Waals surface area contributed by atoms with Gasteiger partial charge in [-0.15, -0.1) is 0 Å². The second-order valence-electron chi connectivity index (χ2n) is 8.05. The third kappa shape index (κ3) is 5.82. The maximum absolute atomic E-state index is 13.2. The highest BCUT2D eigenvalue weighted by Gasteiger charge is 2.21. The normalized spacial score (nSPS) is 10.8. The van der Waals surface area contributed by atoms with Crippen LogP contribution in [0, 0.1) is 6.92 Å². The number of unbranched alkanes of at least 4 members (excludes halogenated alkanes) is 1. The van der Waals surface area contributed by atoms with Gasteiger partial charge in [0.05, 0.1) is 27.0 Å². The van der Waals surface area contributed by atoms with Crippen molar-refractivity contribution in [1.29, 1.82) is 0 Å². The number of benzene rings is 3. The lowest BCUT2D eigenvalue weighted by Gasteiger charge is -2.14. The van der Waals surface area contributed by atoms with E-state index in [-0.39, 0.29) is 5.91 Å². The van der Waals surface area contributed by atoms with Crippen LogP contribution in [0.25, 0.3) is 22.6 Å². The minimum absolute atomic E-state index is 0.196. The van der Waals surface area contributed by atoms with E-state index in [9.17, 15) is 4.79 Å². The molecule has 0 aliphatic carbocycles. The van der Waals surface area contributed by atoms with Crippen LogP contribution in [0.15, 0.2) is 78.9 Å². The van der Waals surface area contributed by atoms with Gasteiger partial charge in [-0.2, -0.15) is 0 Å². The maximum Gasteiger partial charge on any atom is 0.255 e. The van der Waals surface area contributed by atoms with Gasteiger partial charge in [0.2, 0.25) is 0 Å². The summed E-state index contributed by atoms with van der Waals surface area (Å²) in [5.41, 5.74) is 4.48. The van der Waals surface area contributed by atoms with Crippen LogP contribution in [0.1, 0.15) is 34.5 Å². The number of nitrogens with one attached hydrogen (secondary N) is 1. The molecular weight excluding hydrogens is 465 g/mol. The van der Waals surface area contributed by atoms with Gasteiger partial charge in [0.15, 0.2) is 5.82 Å². The number of halogens is 2. The third-order valence-corrected chi connectivity index (χ3v) is 6.30. The Balaban J connectivity index is 1.57. The summed E-state index contributed by atoms with van der Waals surface area (Å²) in [5, 5.41) is 3.90. The van der Waals surface area contributed by atoms with Crippen LogP contribution in [-0.4, -0.2) is 22.4 Å². The smallest absolute Gasteiger partial charge is 0.255 e. The summed E-state index contributed by atoms with van der Waals surface area (Å²) >= 11 is 12.4. The van der Waals surface area contributed by atoms with Crippen molar-refractivity contribution in [2.24, 2.45) is 0 Å². The average molecular weight is 490 g/mol. The summed E-state index contributed by atoms with van der Waals surface area (Å²) in [6, 6.07) is 25.3. The Bertz CT molecular complexity index is 1280. The van der Waals surface area contributed by atoms with Crippen molar-refractivity contribution >= 4 is 29.1 Å². The number of carbonyl (C=O) groups excluding carboxylic acids is 1. The van der Waals surface area contributed by atoms with Crippen molar-refractivity contribution in [3.8, 4) is 22.6 Å². The number of aromatic nitrogens is 2. The standard InChI is InChI=1S/C28H25Cl2N3O/c1-19-25(28(34)31-17-9-8-12-20-10-4-2-5-11-20)26(22-15-16-23(29)24(30)18-22)33-27(32-19)21-13-6-3-7-14-21/h2-7,10-11,13-16,18H,8-9,12,17H2,1H3,(H,31,34). The zero-order valence-corrected chi connectivity index (χ0v) is 20.4. The molecule has 0 saturated carbocycles. The monoisotopic (exact) mass is 489 g/mol. The highest BCUT2D eigenvalue weighted by molar-refractivity contribution is 6.42.